The molecule has 0 aliphatic heterocycles. The molecule has 0 aliphatic carbocycles. The first-order valence-corrected chi connectivity index (χ1v) is 8.07. The second-order valence-corrected chi connectivity index (χ2v) is 6.13. The van der Waals surface area contributed by atoms with Gasteiger partial charge in [0, 0.05) is 16.5 Å². The van der Waals surface area contributed by atoms with E-state index in [1.54, 1.807) is 19.1 Å². The molecule has 2 aromatic rings. The Hall–Kier alpha value is -1.35. The zero-order chi connectivity index (χ0) is 16.1. The van der Waals surface area contributed by atoms with Gasteiger partial charge in [-0.15, -0.1) is 0 Å². The number of rotatable bonds is 6. The van der Waals surface area contributed by atoms with Crippen LogP contribution in [0.15, 0.2) is 16.7 Å². The number of ether oxygens (including phenoxy) is 1. The lowest BCUT2D eigenvalue weighted by Gasteiger charge is -2.10. The highest BCUT2D eigenvalue weighted by Gasteiger charge is 2.14. The molecule has 1 heterocycles. The number of aryl methyl sites for hydroxylation is 2. The molecular formula is C14H15ClIN3O3. The summed E-state index contributed by atoms with van der Waals surface area (Å²) in [6.45, 7) is 2.26. The van der Waals surface area contributed by atoms with Crippen molar-refractivity contribution in [3.05, 3.63) is 38.0 Å². The van der Waals surface area contributed by atoms with Crippen molar-refractivity contribution in [3.8, 4) is 5.75 Å². The number of hydrogen-bond donors (Lipinski definition) is 1. The normalized spacial score (nSPS) is 10.5. The molecule has 0 bridgehead atoms. The van der Waals surface area contributed by atoms with Gasteiger partial charge in [0.25, 0.3) is 5.91 Å². The van der Waals surface area contributed by atoms with Crippen molar-refractivity contribution in [1.82, 2.24) is 15.5 Å². The van der Waals surface area contributed by atoms with Crippen LogP contribution in [0.5, 0.6) is 5.75 Å². The zero-order valence-corrected chi connectivity index (χ0v) is 15.1. The number of halogens is 2. The van der Waals surface area contributed by atoms with E-state index in [1.165, 1.54) is 7.11 Å². The van der Waals surface area contributed by atoms with Crippen LogP contribution in [-0.2, 0) is 6.42 Å². The number of methoxy groups -OCH3 is 1. The van der Waals surface area contributed by atoms with E-state index < -0.39 is 0 Å². The van der Waals surface area contributed by atoms with Gasteiger partial charge >= 0.3 is 0 Å². The molecule has 1 amide bonds. The number of nitrogens with zero attached hydrogens (tertiary/aromatic N) is 2. The van der Waals surface area contributed by atoms with Crippen LogP contribution in [0.1, 0.15) is 28.5 Å². The fourth-order valence-corrected chi connectivity index (χ4v) is 2.46. The van der Waals surface area contributed by atoms with Crippen molar-refractivity contribution in [2.24, 2.45) is 0 Å². The number of amides is 1. The number of nitrogens with one attached hydrogen (secondary N) is 1. The first-order chi connectivity index (χ1) is 10.5. The standard InChI is InChI=1S/C14H15ClIN3O3/c1-8-18-13(22-19-8)4-3-5-17-14(20)9-6-10(15)11(16)7-12(9)21-2/h6-7H,3-5H2,1-2H3,(H,17,20). The average molecular weight is 436 g/mol. The summed E-state index contributed by atoms with van der Waals surface area (Å²) >= 11 is 8.15. The maximum Gasteiger partial charge on any atom is 0.255 e. The molecule has 1 aromatic heterocycles. The third kappa shape index (κ3) is 4.33. The van der Waals surface area contributed by atoms with Crippen molar-refractivity contribution < 1.29 is 14.1 Å². The van der Waals surface area contributed by atoms with Crippen LogP contribution >= 0.6 is 34.2 Å². The monoisotopic (exact) mass is 435 g/mol. The SMILES string of the molecule is COc1cc(I)c(Cl)cc1C(=O)NCCCc1nc(C)no1. The predicted octanol–water partition coefficient (Wildman–Crippen LogP) is 3.01. The van der Waals surface area contributed by atoms with E-state index in [4.69, 9.17) is 20.9 Å². The maximum atomic E-state index is 12.2. The molecule has 0 unspecified atom stereocenters. The number of carbonyl (C=O) groups is 1. The molecule has 0 saturated carbocycles. The first-order valence-electron chi connectivity index (χ1n) is 6.61. The second-order valence-electron chi connectivity index (χ2n) is 4.56. The molecule has 1 aromatic carbocycles. The number of hydrogen-bond acceptors (Lipinski definition) is 5. The van der Waals surface area contributed by atoms with Gasteiger partial charge in [-0.25, -0.2) is 0 Å². The molecule has 2 rings (SSSR count). The molecule has 0 aliphatic rings. The Balaban J connectivity index is 1.90. The molecule has 1 N–H and O–H groups in total. The minimum Gasteiger partial charge on any atom is -0.496 e. The Kier molecular flexibility index (Phi) is 6.01. The van der Waals surface area contributed by atoms with Crippen LogP contribution in [0.4, 0.5) is 0 Å². The summed E-state index contributed by atoms with van der Waals surface area (Å²) in [5.41, 5.74) is 0.418. The van der Waals surface area contributed by atoms with Crippen molar-refractivity contribution in [1.29, 1.82) is 0 Å². The highest BCUT2D eigenvalue weighted by atomic mass is 127. The molecule has 6 nitrogen and oxygen atoms in total. The molecule has 0 atom stereocenters. The minimum atomic E-state index is -0.225. The molecule has 0 radical (unpaired) electrons. The van der Waals surface area contributed by atoms with E-state index >= 15 is 0 Å². The fraction of sp³-hybridized carbons (Fsp3) is 0.357. The first kappa shape index (κ1) is 17.0. The Bertz CT molecular complexity index is 675. The van der Waals surface area contributed by atoms with Crippen LogP contribution in [0, 0.1) is 10.5 Å². The van der Waals surface area contributed by atoms with Gasteiger partial charge in [0.2, 0.25) is 5.89 Å². The van der Waals surface area contributed by atoms with Crippen LogP contribution in [-0.4, -0.2) is 29.7 Å². The lowest BCUT2D eigenvalue weighted by atomic mass is 10.2. The Morgan fingerprint density at radius 2 is 2.27 bits per heavy atom. The lowest BCUT2D eigenvalue weighted by Crippen LogP contribution is -2.25. The lowest BCUT2D eigenvalue weighted by molar-refractivity contribution is 0.0950. The Labute approximate surface area is 146 Å². The summed E-state index contributed by atoms with van der Waals surface area (Å²) in [5, 5.41) is 7.06. The van der Waals surface area contributed by atoms with Gasteiger partial charge in [0.15, 0.2) is 5.82 Å². The van der Waals surface area contributed by atoms with E-state index in [0.29, 0.717) is 47.4 Å². The quantitative estimate of drug-likeness (QED) is 0.557. The van der Waals surface area contributed by atoms with Crippen molar-refractivity contribution in [2.45, 2.75) is 19.8 Å². The summed E-state index contributed by atoms with van der Waals surface area (Å²) in [7, 11) is 1.52. The highest BCUT2D eigenvalue weighted by Crippen LogP contribution is 2.28. The van der Waals surface area contributed by atoms with Gasteiger partial charge in [-0.3, -0.25) is 4.79 Å². The second kappa shape index (κ2) is 7.77. The summed E-state index contributed by atoms with van der Waals surface area (Å²) in [5.74, 6) is 1.45. The van der Waals surface area contributed by atoms with Gasteiger partial charge in [0.1, 0.15) is 5.75 Å². The van der Waals surface area contributed by atoms with Crippen molar-refractivity contribution in [2.75, 3.05) is 13.7 Å². The van der Waals surface area contributed by atoms with Crippen molar-refractivity contribution in [3.63, 3.8) is 0 Å². The molecular weight excluding hydrogens is 421 g/mol. The summed E-state index contributed by atoms with van der Waals surface area (Å²) in [4.78, 5) is 16.3. The van der Waals surface area contributed by atoms with Gasteiger partial charge in [-0.1, -0.05) is 16.8 Å². The van der Waals surface area contributed by atoms with E-state index in [1.807, 2.05) is 0 Å². The fourth-order valence-electron chi connectivity index (χ4n) is 1.85. The van der Waals surface area contributed by atoms with Gasteiger partial charge in [-0.05, 0) is 48.1 Å². The molecule has 0 spiro atoms. The van der Waals surface area contributed by atoms with Crippen LogP contribution in [0.3, 0.4) is 0 Å². The number of benzene rings is 1. The average Bonchev–Trinajstić information content (AvgIpc) is 2.91. The summed E-state index contributed by atoms with van der Waals surface area (Å²) in [6.07, 6.45) is 1.32. The molecule has 0 saturated heterocycles. The summed E-state index contributed by atoms with van der Waals surface area (Å²) < 4.78 is 11.1. The van der Waals surface area contributed by atoms with Crippen LogP contribution in [0.2, 0.25) is 5.02 Å². The Morgan fingerprint density at radius 1 is 1.50 bits per heavy atom. The molecule has 118 valence electrons. The van der Waals surface area contributed by atoms with Gasteiger partial charge < -0.3 is 14.6 Å². The van der Waals surface area contributed by atoms with E-state index in [9.17, 15) is 4.79 Å². The molecule has 0 fully saturated rings. The largest absolute Gasteiger partial charge is 0.496 e. The number of aromatic nitrogens is 2. The van der Waals surface area contributed by atoms with Crippen molar-refractivity contribution >= 4 is 40.1 Å². The summed E-state index contributed by atoms with van der Waals surface area (Å²) in [6, 6.07) is 3.35. The van der Waals surface area contributed by atoms with Crippen LogP contribution in [0.25, 0.3) is 0 Å². The predicted molar refractivity (Wildman–Crippen MR) is 90.4 cm³/mol. The topological polar surface area (TPSA) is 77.2 Å². The van der Waals surface area contributed by atoms with Gasteiger partial charge in [-0.2, -0.15) is 4.98 Å². The smallest absolute Gasteiger partial charge is 0.255 e. The number of carbonyl (C=O) groups excluding carboxylic acids is 1. The third-order valence-corrected chi connectivity index (χ3v) is 4.43. The molecule has 8 heteroatoms. The van der Waals surface area contributed by atoms with E-state index in [0.717, 1.165) is 3.57 Å². The molecule has 22 heavy (non-hydrogen) atoms. The third-order valence-electron chi connectivity index (χ3n) is 2.91. The minimum absolute atomic E-state index is 0.225. The highest BCUT2D eigenvalue weighted by molar-refractivity contribution is 14.1. The van der Waals surface area contributed by atoms with E-state index in [-0.39, 0.29) is 5.91 Å². The zero-order valence-electron chi connectivity index (χ0n) is 12.2. The van der Waals surface area contributed by atoms with Crippen LogP contribution < -0.4 is 10.1 Å². The van der Waals surface area contributed by atoms with E-state index in [2.05, 4.69) is 38.0 Å². The van der Waals surface area contributed by atoms with Gasteiger partial charge in [0.05, 0.1) is 17.7 Å². The maximum absolute atomic E-state index is 12.2. The Morgan fingerprint density at radius 3 is 2.91 bits per heavy atom.